The van der Waals surface area contributed by atoms with Gasteiger partial charge in [-0.25, -0.2) is 4.72 Å². The van der Waals surface area contributed by atoms with Crippen molar-refractivity contribution in [3.63, 3.8) is 0 Å². The van der Waals surface area contributed by atoms with Gasteiger partial charge in [-0.3, -0.25) is 5.41 Å². The number of hydrogen-bond acceptors (Lipinski definition) is 3. The van der Waals surface area contributed by atoms with Gasteiger partial charge in [0, 0.05) is 25.7 Å². The molecule has 6 nitrogen and oxygen atoms in total. The van der Waals surface area contributed by atoms with Crippen molar-refractivity contribution in [2.45, 2.75) is 19.9 Å². The van der Waals surface area contributed by atoms with E-state index in [2.05, 4.69) is 4.72 Å². The Hall–Kier alpha value is -1.44. The van der Waals surface area contributed by atoms with Crippen LogP contribution in [0.3, 0.4) is 0 Å². The van der Waals surface area contributed by atoms with E-state index in [1.54, 1.807) is 24.3 Å². The summed E-state index contributed by atoms with van der Waals surface area (Å²) in [6.45, 7) is 2.55. The number of amidine groups is 1. The Labute approximate surface area is 114 Å². The van der Waals surface area contributed by atoms with Crippen LogP contribution in [0.5, 0.6) is 0 Å². The lowest BCUT2D eigenvalue weighted by Gasteiger charge is -2.17. The SMILES string of the molecule is CCCNS(=O)(=O)N(C)Cc1cccc(C(=N)N)c1. The van der Waals surface area contributed by atoms with Crippen LogP contribution in [0.4, 0.5) is 0 Å². The highest BCUT2D eigenvalue weighted by atomic mass is 32.2. The Morgan fingerprint density at radius 3 is 2.74 bits per heavy atom. The first-order chi connectivity index (χ1) is 8.86. The van der Waals surface area contributed by atoms with Crippen molar-refractivity contribution in [2.75, 3.05) is 13.6 Å². The standard InChI is InChI=1S/C12H20N4O2S/c1-3-7-15-19(17,18)16(2)9-10-5-4-6-11(8-10)12(13)14/h4-6,8,15H,3,7,9H2,1-2H3,(H3,13,14). The molecule has 19 heavy (non-hydrogen) atoms. The number of benzene rings is 1. The van der Waals surface area contributed by atoms with Crippen molar-refractivity contribution in [3.05, 3.63) is 35.4 Å². The lowest BCUT2D eigenvalue weighted by atomic mass is 10.1. The van der Waals surface area contributed by atoms with Crippen molar-refractivity contribution in [1.82, 2.24) is 9.03 Å². The molecule has 4 N–H and O–H groups in total. The molecule has 0 aliphatic carbocycles. The first kappa shape index (κ1) is 15.6. The summed E-state index contributed by atoms with van der Waals surface area (Å²) in [5, 5.41) is 7.36. The summed E-state index contributed by atoms with van der Waals surface area (Å²) >= 11 is 0. The molecule has 0 spiro atoms. The van der Waals surface area contributed by atoms with Gasteiger partial charge in [0.2, 0.25) is 0 Å². The summed E-state index contributed by atoms with van der Waals surface area (Å²) in [5.74, 6) is -0.0310. The Morgan fingerprint density at radius 2 is 2.16 bits per heavy atom. The minimum absolute atomic E-state index is 0.0310. The van der Waals surface area contributed by atoms with E-state index < -0.39 is 10.2 Å². The van der Waals surface area contributed by atoms with Crippen LogP contribution in [0, 0.1) is 5.41 Å². The van der Waals surface area contributed by atoms with Crippen molar-refractivity contribution in [1.29, 1.82) is 5.41 Å². The highest BCUT2D eigenvalue weighted by Gasteiger charge is 2.16. The first-order valence-electron chi connectivity index (χ1n) is 6.01. The number of nitrogens with one attached hydrogen (secondary N) is 2. The molecule has 0 amide bonds. The van der Waals surface area contributed by atoms with Crippen LogP contribution >= 0.6 is 0 Å². The van der Waals surface area contributed by atoms with Gasteiger partial charge in [0.15, 0.2) is 0 Å². The molecule has 1 aromatic carbocycles. The van der Waals surface area contributed by atoms with Crippen molar-refractivity contribution < 1.29 is 8.42 Å². The minimum Gasteiger partial charge on any atom is -0.384 e. The van der Waals surface area contributed by atoms with Gasteiger partial charge < -0.3 is 5.73 Å². The Bertz CT molecular complexity index is 542. The van der Waals surface area contributed by atoms with E-state index in [1.807, 2.05) is 6.92 Å². The molecule has 7 heteroatoms. The van der Waals surface area contributed by atoms with Crippen molar-refractivity contribution >= 4 is 16.0 Å². The maximum Gasteiger partial charge on any atom is 0.279 e. The molecule has 0 unspecified atom stereocenters. The Morgan fingerprint density at radius 1 is 1.47 bits per heavy atom. The number of nitrogens with two attached hydrogens (primary N) is 1. The summed E-state index contributed by atoms with van der Waals surface area (Å²) in [5.41, 5.74) is 6.78. The number of nitrogens with zero attached hydrogens (tertiary/aromatic N) is 1. The fraction of sp³-hybridized carbons (Fsp3) is 0.417. The zero-order chi connectivity index (χ0) is 14.5. The molecule has 0 atom stereocenters. The molecule has 1 aromatic rings. The predicted molar refractivity (Wildman–Crippen MR) is 76.1 cm³/mol. The van der Waals surface area contributed by atoms with Gasteiger partial charge in [0.1, 0.15) is 5.84 Å². The Balaban J connectivity index is 2.79. The highest BCUT2D eigenvalue weighted by molar-refractivity contribution is 7.87. The van der Waals surface area contributed by atoms with E-state index in [9.17, 15) is 8.42 Å². The summed E-state index contributed by atoms with van der Waals surface area (Å²) in [6.07, 6.45) is 0.743. The molecule has 0 aromatic heterocycles. The van der Waals surface area contributed by atoms with Crippen LogP contribution in [0.1, 0.15) is 24.5 Å². The fourth-order valence-corrected chi connectivity index (χ4v) is 2.52. The molecule has 0 bridgehead atoms. The van der Waals surface area contributed by atoms with Crippen molar-refractivity contribution in [2.24, 2.45) is 5.73 Å². The molecule has 0 aliphatic rings. The monoisotopic (exact) mass is 284 g/mol. The van der Waals surface area contributed by atoms with E-state index in [-0.39, 0.29) is 12.4 Å². The van der Waals surface area contributed by atoms with Gasteiger partial charge in [-0.05, 0) is 18.1 Å². The van der Waals surface area contributed by atoms with E-state index in [4.69, 9.17) is 11.1 Å². The summed E-state index contributed by atoms with van der Waals surface area (Å²) in [6, 6.07) is 6.99. The van der Waals surface area contributed by atoms with Gasteiger partial charge in [0.05, 0.1) is 0 Å². The lowest BCUT2D eigenvalue weighted by molar-refractivity contribution is 0.455. The Kier molecular flexibility index (Phi) is 5.46. The molecule has 0 radical (unpaired) electrons. The van der Waals surface area contributed by atoms with Gasteiger partial charge in [-0.2, -0.15) is 12.7 Å². The largest absolute Gasteiger partial charge is 0.384 e. The normalized spacial score (nSPS) is 11.7. The van der Waals surface area contributed by atoms with E-state index in [1.165, 1.54) is 11.4 Å². The van der Waals surface area contributed by atoms with Crippen LogP contribution in [-0.4, -0.2) is 32.2 Å². The molecule has 0 saturated heterocycles. The van der Waals surface area contributed by atoms with Crippen LogP contribution in [-0.2, 0) is 16.8 Å². The second-order valence-corrected chi connectivity index (χ2v) is 6.13. The second-order valence-electron chi connectivity index (χ2n) is 4.27. The molecule has 0 aliphatic heterocycles. The lowest BCUT2D eigenvalue weighted by Crippen LogP contribution is -2.38. The average Bonchev–Trinajstić information content (AvgIpc) is 2.36. The third kappa shape index (κ3) is 4.62. The molecule has 1 rings (SSSR count). The maximum absolute atomic E-state index is 11.9. The molecule has 0 fully saturated rings. The third-order valence-electron chi connectivity index (χ3n) is 2.59. The molecule has 106 valence electrons. The quantitative estimate of drug-likeness (QED) is 0.506. The van der Waals surface area contributed by atoms with Gasteiger partial charge in [-0.1, -0.05) is 25.1 Å². The topological polar surface area (TPSA) is 99.3 Å². The highest BCUT2D eigenvalue weighted by Crippen LogP contribution is 2.09. The van der Waals surface area contributed by atoms with Crippen LogP contribution < -0.4 is 10.5 Å². The van der Waals surface area contributed by atoms with Gasteiger partial charge in [-0.15, -0.1) is 0 Å². The predicted octanol–water partition coefficient (Wildman–Crippen LogP) is 0.647. The van der Waals surface area contributed by atoms with Crippen LogP contribution in [0.15, 0.2) is 24.3 Å². The number of rotatable bonds is 7. The first-order valence-corrected chi connectivity index (χ1v) is 7.45. The smallest absolute Gasteiger partial charge is 0.279 e. The second kappa shape index (κ2) is 6.65. The maximum atomic E-state index is 11.9. The number of hydrogen-bond donors (Lipinski definition) is 3. The zero-order valence-electron chi connectivity index (χ0n) is 11.2. The van der Waals surface area contributed by atoms with E-state index >= 15 is 0 Å². The number of nitrogen functional groups attached to an aromatic ring is 1. The average molecular weight is 284 g/mol. The zero-order valence-corrected chi connectivity index (χ0v) is 12.0. The van der Waals surface area contributed by atoms with Crippen LogP contribution in [0.2, 0.25) is 0 Å². The summed E-state index contributed by atoms with van der Waals surface area (Å²) in [4.78, 5) is 0. The van der Waals surface area contributed by atoms with Crippen LogP contribution in [0.25, 0.3) is 0 Å². The minimum atomic E-state index is -3.46. The fourth-order valence-electron chi connectivity index (χ4n) is 1.52. The molecular weight excluding hydrogens is 264 g/mol. The third-order valence-corrected chi connectivity index (χ3v) is 4.11. The van der Waals surface area contributed by atoms with Gasteiger partial charge in [0.25, 0.3) is 10.2 Å². The summed E-state index contributed by atoms with van der Waals surface area (Å²) < 4.78 is 27.5. The van der Waals surface area contributed by atoms with E-state index in [0.29, 0.717) is 12.1 Å². The van der Waals surface area contributed by atoms with Crippen molar-refractivity contribution in [3.8, 4) is 0 Å². The molecule has 0 saturated carbocycles. The van der Waals surface area contributed by atoms with Gasteiger partial charge >= 0.3 is 0 Å². The molecule has 0 heterocycles. The van der Waals surface area contributed by atoms with E-state index in [0.717, 1.165) is 12.0 Å². The molecular formula is C12H20N4O2S. The summed E-state index contributed by atoms with van der Waals surface area (Å²) in [7, 11) is -1.94.